The molecule has 4 atom stereocenters. The maximum atomic E-state index is 10.8. The molecule has 0 amide bonds. The molecule has 15 heteroatoms. The first-order valence-corrected chi connectivity index (χ1v) is 8.45. The summed E-state index contributed by atoms with van der Waals surface area (Å²) in [6.45, 7) is -0.639. The number of hydrogen-bond acceptors (Lipinski definition) is 9. The quantitative estimate of drug-likeness (QED) is 0.224. The number of hydrogen-bond donors (Lipinski definition) is 5. The number of phosphoric ester groups is 1. The van der Waals surface area contributed by atoms with Gasteiger partial charge < -0.3 is 30.5 Å². The number of ether oxygens (including phenoxy) is 1. The maximum Gasteiger partial charge on any atom is 0.469 e. The third-order valence-electron chi connectivity index (χ3n) is 3.46. The van der Waals surface area contributed by atoms with Gasteiger partial charge in [-0.25, -0.2) is 19.5 Å². The molecule has 1 aliphatic heterocycles. The third kappa shape index (κ3) is 4.15. The van der Waals surface area contributed by atoms with E-state index in [1.54, 1.807) is 0 Å². The van der Waals surface area contributed by atoms with E-state index in [0.29, 0.717) is 0 Å². The zero-order valence-corrected chi connectivity index (χ0v) is 16.4. The molecule has 2 aromatic rings. The number of anilines is 1. The second-order valence-corrected chi connectivity index (χ2v) is 6.59. The summed E-state index contributed by atoms with van der Waals surface area (Å²) in [5.41, 5.74) is 6.03. The predicted octanol–water partition coefficient (Wildman–Crippen LogP) is -1.59. The first-order chi connectivity index (χ1) is 11.2. The van der Waals surface area contributed by atoms with Gasteiger partial charge in [-0.05, 0) is 11.6 Å². The van der Waals surface area contributed by atoms with Gasteiger partial charge in [-0.1, -0.05) is 0 Å². The average Bonchev–Trinajstić information content (AvgIpc) is 2.96. The van der Waals surface area contributed by atoms with Gasteiger partial charge in [0, 0.05) is 29.6 Å². The number of aromatic nitrogens is 4. The minimum absolute atomic E-state index is 0. The third-order valence-corrected chi connectivity index (χ3v) is 4.21. The Hall–Kier alpha value is -0.370. The normalized spacial score (nSPS) is 26.8. The molecule has 0 unspecified atom stereocenters. The van der Waals surface area contributed by atoms with Crippen LogP contribution < -0.4 is 5.73 Å². The summed E-state index contributed by atoms with van der Waals surface area (Å²) >= 11 is 6.03. The van der Waals surface area contributed by atoms with Crippen molar-refractivity contribution in [1.29, 1.82) is 0 Å². The molecule has 2 aromatic heterocycles. The van der Waals surface area contributed by atoms with Crippen molar-refractivity contribution in [3.05, 3.63) is 11.6 Å². The Morgan fingerprint density at radius 1 is 1.36 bits per heavy atom. The number of nitrogens with zero attached hydrogens (tertiary/aromatic N) is 4. The Morgan fingerprint density at radius 2 is 2.04 bits per heavy atom. The molecule has 0 bridgehead atoms. The van der Waals surface area contributed by atoms with E-state index in [1.807, 2.05) is 0 Å². The fourth-order valence-electron chi connectivity index (χ4n) is 2.38. The molecule has 1 aliphatic rings. The molecular weight excluding hydrogens is 392 g/mol. The molecule has 12 nitrogen and oxygen atoms in total. The minimum atomic E-state index is -4.75. The zero-order valence-electron chi connectivity index (χ0n) is 12.8. The number of rotatable bonds is 4. The fourth-order valence-corrected chi connectivity index (χ4v) is 2.98. The average molecular weight is 405 g/mol. The Balaban J connectivity index is 0.00000225. The molecule has 0 aromatic carbocycles. The van der Waals surface area contributed by atoms with Gasteiger partial charge in [0.05, 0.1) is 6.61 Å². The molecule has 133 valence electrons. The molecule has 0 spiro atoms. The van der Waals surface area contributed by atoms with E-state index < -0.39 is 39.0 Å². The Labute approximate surface area is 167 Å². The standard InChI is InChI=1S/C10H13ClN5O7P.Na/c11-10-15-4-7(12)13-2-14-8(4)16(10)9-6(18)5(17)3(23-9)1-22-24(19,20)21;/h2-3,5-6,9,17-18H,1H2,(H2,12,13,14)(H2,19,20,21);/t3-,5-,6-,9-;/m1./s1. The topological polar surface area (TPSA) is 186 Å². The van der Waals surface area contributed by atoms with E-state index in [4.69, 9.17) is 31.9 Å². The zero-order chi connectivity index (χ0) is 17.6. The molecule has 3 heterocycles. The van der Waals surface area contributed by atoms with E-state index in [0.717, 1.165) is 6.33 Å². The number of nitrogen functional groups attached to an aromatic ring is 1. The monoisotopic (exact) mass is 404 g/mol. The fraction of sp³-hybridized carbons (Fsp3) is 0.500. The molecule has 0 saturated carbocycles. The smallest absolute Gasteiger partial charge is 0.387 e. The number of phosphoric acid groups is 1. The summed E-state index contributed by atoms with van der Waals surface area (Å²) in [6, 6.07) is 0. The van der Waals surface area contributed by atoms with Gasteiger partial charge in [0.1, 0.15) is 24.6 Å². The summed E-state index contributed by atoms with van der Waals surface area (Å²) in [6.07, 6.45) is -4.20. The summed E-state index contributed by atoms with van der Waals surface area (Å²) < 4.78 is 21.7. The second kappa shape index (κ2) is 7.71. The largest absolute Gasteiger partial charge is 0.469 e. The van der Waals surface area contributed by atoms with Crippen molar-refractivity contribution in [2.24, 2.45) is 0 Å². The first kappa shape index (κ1) is 20.9. The molecule has 1 saturated heterocycles. The van der Waals surface area contributed by atoms with Crippen molar-refractivity contribution in [3.8, 4) is 0 Å². The number of nitrogens with two attached hydrogens (primary N) is 1. The molecule has 3 rings (SSSR count). The van der Waals surface area contributed by atoms with E-state index >= 15 is 0 Å². The second-order valence-electron chi connectivity index (χ2n) is 5.01. The predicted molar refractivity (Wildman–Crippen MR) is 84.4 cm³/mol. The molecule has 25 heavy (non-hydrogen) atoms. The maximum absolute atomic E-state index is 10.8. The number of aliphatic hydroxyl groups excluding tert-OH is 2. The van der Waals surface area contributed by atoms with E-state index in [-0.39, 0.29) is 51.8 Å². The van der Waals surface area contributed by atoms with E-state index in [9.17, 15) is 14.8 Å². The van der Waals surface area contributed by atoms with Gasteiger partial charge in [0.2, 0.25) is 5.28 Å². The van der Waals surface area contributed by atoms with Gasteiger partial charge in [-0.2, -0.15) is 0 Å². The van der Waals surface area contributed by atoms with Gasteiger partial charge in [-0.3, -0.25) is 9.09 Å². The van der Waals surface area contributed by atoms with Crippen molar-refractivity contribution in [1.82, 2.24) is 19.5 Å². The molecule has 0 aliphatic carbocycles. The van der Waals surface area contributed by atoms with Gasteiger partial charge in [0.25, 0.3) is 0 Å². The SMILES string of the molecule is Nc1ncnc2c1nc(Cl)n2[C@@H]1O[C@H](COP(=O)(O)O)[C@@H](O)[C@H]1O.[Na]. The van der Waals surface area contributed by atoms with Crippen LogP contribution in [0.15, 0.2) is 6.33 Å². The Morgan fingerprint density at radius 3 is 2.68 bits per heavy atom. The van der Waals surface area contributed by atoms with Crippen LogP contribution in [0.25, 0.3) is 11.2 Å². The van der Waals surface area contributed by atoms with Crippen LogP contribution in [0.1, 0.15) is 6.23 Å². The minimum Gasteiger partial charge on any atom is -0.387 e. The summed E-state index contributed by atoms with van der Waals surface area (Å²) in [4.78, 5) is 29.2. The van der Waals surface area contributed by atoms with Crippen LogP contribution in [0.5, 0.6) is 0 Å². The van der Waals surface area contributed by atoms with Gasteiger partial charge >= 0.3 is 7.82 Å². The summed E-state index contributed by atoms with van der Waals surface area (Å²) in [5, 5.41) is 20.1. The van der Waals surface area contributed by atoms with Crippen LogP contribution in [0, 0.1) is 0 Å². The molecule has 1 radical (unpaired) electrons. The summed E-state index contributed by atoms with van der Waals surface area (Å²) in [7, 11) is -4.75. The molecule has 1 fully saturated rings. The molecule has 6 N–H and O–H groups in total. The van der Waals surface area contributed by atoms with Crippen LogP contribution in [-0.2, 0) is 13.8 Å². The van der Waals surface area contributed by atoms with Crippen molar-refractivity contribution in [3.63, 3.8) is 0 Å². The number of imidazole rings is 1. The van der Waals surface area contributed by atoms with Crippen LogP contribution in [0.3, 0.4) is 0 Å². The van der Waals surface area contributed by atoms with Gasteiger partial charge in [0.15, 0.2) is 23.2 Å². The molecular formula is C10H13ClN5NaO7P. The van der Waals surface area contributed by atoms with Gasteiger partial charge in [-0.15, -0.1) is 0 Å². The number of fused-ring (bicyclic) bond motifs is 1. The van der Waals surface area contributed by atoms with Crippen molar-refractivity contribution < 1.29 is 33.8 Å². The number of halogens is 1. The Bertz CT molecular complexity index is 818. The van der Waals surface area contributed by atoms with E-state index in [1.165, 1.54) is 4.57 Å². The Kier molecular flexibility index (Phi) is 6.45. The van der Waals surface area contributed by atoms with Crippen molar-refractivity contribution in [2.45, 2.75) is 24.5 Å². The summed E-state index contributed by atoms with van der Waals surface area (Å²) in [5.74, 6) is 0.0649. The van der Waals surface area contributed by atoms with Crippen LogP contribution in [0.4, 0.5) is 5.82 Å². The van der Waals surface area contributed by atoms with Crippen molar-refractivity contribution >= 4 is 66.0 Å². The van der Waals surface area contributed by atoms with Crippen molar-refractivity contribution in [2.75, 3.05) is 12.3 Å². The van der Waals surface area contributed by atoms with Crippen LogP contribution >= 0.6 is 19.4 Å². The van der Waals surface area contributed by atoms with Crippen LogP contribution in [0.2, 0.25) is 5.28 Å². The number of aliphatic hydroxyl groups is 2. The van der Waals surface area contributed by atoms with Crippen LogP contribution in [-0.4, -0.2) is 94.0 Å². The first-order valence-electron chi connectivity index (χ1n) is 6.54. The van der Waals surface area contributed by atoms with E-state index in [2.05, 4.69) is 19.5 Å².